The molecule has 0 amide bonds. The normalized spacial score (nSPS) is 8.65. The quantitative estimate of drug-likeness (QED) is 0.161. The van der Waals surface area contributed by atoms with Crippen molar-refractivity contribution in [2.45, 2.75) is 165 Å². The molecule has 0 aliphatic heterocycles. The average Bonchev–Trinajstić information content (AvgIpc) is 4.17. The standard InChI is InChI=1S/C5H8N2S.7C4H10.C3H3N3.C3H4N2.2C3H3NO.C3H3NS.C2H2N2O.C2H2N2S/c1-4(2)5-3-6-8-7-5;7*1-4(2)3;1-4-2-6-3-5-1;1-2-4-5-3-1;1-2-5-3-4-1;2*1-2-4-5-3-1;2*1-2-5-4-3-1/h3-4H,1-2H3;7*4H,1-3H3;1-3H;1-3H,(H,4,5);3*1-3H;2*1-2H. The van der Waals surface area contributed by atoms with Gasteiger partial charge in [-0.25, -0.2) is 24.3 Å². The first-order valence-electron chi connectivity index (χ1n) is 24.1. The zero-order valence-electron chi connectivity index (χ0n) is 48.4. The van der Waals surface area contributed by atoms with E-state index in [1.165, 1.54) is 85.2 Å². The molecule has 412 valence electrons. The Morgan fingerprint density at radius 1 is 0.458 bits per heavy atom. The smallest absolute Gasteiger partial charge is 0.180 e. The maximum absolute atomic E-state index is 4.47. The van der Waals surface area contributed by atoms with Crippen molar-refractivity contribution < 1.29 is 13.5 Å². The summed E-state index contributed by atoms with van der Waals surface area (Å²) >= 11 is 4.08. The van der Waals surface area contributed by atoms with E-state index in [1.807, 2.05) is 29.1 Å². The number of nitrogens with one attached hydrogen (secondary N) is 1. The molecule has 8 rings (SSSR count). The Labute approximate surface area is 449 Å². The molecule has 0 saturated heterocycles. The van der Waals surface area contributed by atoms with Crippen molar-refractivity contribution in [3.8, 4) is 0 Å². The molecule has 0 aromatic carbocycles. The molecule has 8 aromatic rings. The van der Waals surface area contributed by atoms with Gasteiger partial charge in [0.1, 0.15) is 37.8 Å². The SMILES string of the molecule is CC(C)C.CC(C)C.CC(C)C.CC(C)C.CC(C)C.CC(C)C.CC(C)C.CC(C)c1cnsn1.c1cn[nH]c1.c1cnoc1.c1cnsc1.c1cocn1.c1conn1.c1csnn1.c1ncncn1. The molecular formula is C52H98N14O3S3. The van der Waals surface area contributed by atoms with Crippen LogP contribution in [0.25, 0.3) is 0 Å². The van der Waals surface area contributed by atoms with E-state index in [2.05, 4.69) is 241 Å². The largest absolute Gasteiger partial charge is 0.452 e. The third-order valence-electron chi connectivity index (χ3n) is 3.38. The van der Waals surface area contributed by atoms with Gasteiger partial charge in [-0.05, 0) is 88.6 Å². The second-order valence-electron chi connectivity index (χ2n) is 18.9. The van der Waals surface area contributed by atoms with Crippen LogP contribution in [-0.2, 0) is 0 Å². The lowest BCUT2D eigenvalue weighted by atomic mass is 10.2. The number of H-pyrrole nitrogens is 1. The van der Waals surface area contributed by atoms with Crippen molar-refractivity contribution in [3.63, 3.8) is 0 Å². The molecule has 0 bridgehead atoms. The fraction of sp³-hybridized carbons (Fsp3) is 0.596. The monoisotopic (exact) mass is 1060 g/mol. The van der Waals surface area contributed by atoms with Crippen LogP contribution >= 0.6 is 34.8 Å². The molecule has 0 aliphatic rings. The van der Waals surface area contributed by atoms with Crippen LogP contribution < -0.4 is 0 Å². The second-order valence-corrected chi connectivity index (χ2v) is 20.8. The van der Waals surface area contributed by atoms with E-state index in [-0.39, 0.29) is 0 Å². The Hall–Kier alpha value is -5.47. The Balaban J connectivity index is -0.000000126. The highest BCUT2D eigenvalue weighted by Gasteiger charge is 1.98. The fourth-order valence-corrected chi connectivity index (χ4v) is 2.82. The van der Waals surface area contributed by atoms with Gasteiger partial charge in [-0.1, -0.05) is 169 Å². The lowest BCUT2D eigenvalue weighted by Gasteiger charge is -1.92. The summed E-state index contributed by atoms with van der Waals surface area (Å²) in [7, 11) is 0. The van der Waals surface area contributed by atoms with Gasteiger partial charge in [-0.15, -0.1) is 10.2 Å². The van der Waals surface area contributed by atoms with Crippen LogP contribution in [0.5, 0.6) is 0 Å². The molecule has 20 heteroatoms. The van der Waals surface area contributed by atoms with Crippen molar-refractivity contribution in [3.05, 3.63) is 128 Å². The van der Waals surface area contributed by atoms with E-state index in [9.17, 15) is 0 Å². The summed E-state index contributed by atoms with van der Waals surface area (Å²) in [5.41, 5.74) is 1.09. The van der Waals surface area contributed by atoms with Crippen molar-refractivity contribution >= 4 is 34.8 Å². The molecule has 0 atom stereocenters. The number of nitrogens with zero attached hydrogens (tertiary/aromatic N) is 13. The molecule has 8 heterocycles. The minimum Gasteiger partial charge on any atom is -0.452 e. The summed E-state index contributed by atoms with van der Waals surface area (Å²) in [6, 6.07) is 5.46. The summed E-state index contributed by atoms with van der Waals surface area (Å²) in [4.78, 5) is 14.2. The first kappa shape index (κ1) is 80.6. The van der Waals surface area contributed by atoms with E-state index in [1.54, 1.807) is 43.2 Å². The van der Waals surface area contributed by atoms with E-state index >= 15 is 0 Å². The number of hydrogen-bond acceptors (Lipinski definition) is 19. The maximum Gasteiger partial charge on any atom is 0.180 e. The zero-order valence-corrected chi connectivity index (χ0v) is 50.9. The third-order valence-corrected chi connectivity index (χ3v) is 4.83. The van der Waals surface area contributed by atoms with Gasteiger partial charge in [0.2, 0.25) is 0 Å². The van der Waals surface area contributed by atoms with Crippen LogP contribution in [0.1, 0.15) is 171 Å². The van der Waals surface area contributed by atoms with Crippen LogP contribution in [0.3, 0.4) is 0 Å². The molecule has 8 aromatic heterocycles. The number of oxazole rings is 1. The Morgan fingerprint density at radius 3 is 1.11 bits per heavy atom. The molecule has 0 spiro atoms. The predicted octanol–water partition coefficient (Wildman–Crippen LogP) is 16.7. The lowest BCUT2D eigenvalue weighted by Crippen LogP contribution is -1.83. The highest BCUT2D eigenvalue weighted by atomic mass is 32.1. The highest BCUT2D eigenvalue weighted by molar-refractivity contribution is 7.03. The molecule has 0 radical (unpaired) electrons. The van der Waals surface area contributed by atoms with Gasteiger partial charge in [0, 0.05) is 34.6 Å². The second kappa shape index (κ2) is 72.1. The summed E-state index contributed by atoms with van der Waals surface area (Å²) < 4.78 is 28.2. The molecule has 72 heavy (non-hydrogen) atoms. The third kappa shape index (κ3) is 151. The van der Waals surface area contributed by atoms with Gasteiger partial charge in [0.25, 0.3) is 0 Å². The number of rotatable bonds is 1. The number of aromatic amines is 1. The van der Waals surface area contributed by atoms with E-state index in [0.29, 0.717) is 5.92 Å². The molecule has 0 unspecified atom stereocenters. The van der Waals surface area contributed by atoms with E-state index in [0.717, 1.165) is 47.1 Å². The highest BCUT2D eigenvalue weighted by Crippen LogP contribution is 2.09. The van der Waals surface area contributed by atoms with Crippen LogP contribution in [0.15, 0.2) is 136 Å². The van der Waals surface area contributed by atoms with E-state index in [4.69, 9.17) is 0 Å². The van der Waals surface area contributed by atoms with Gasteiger partial charge in [-0.2, -0.15) is 13.8 Å². The average molecular weight is 1060 g/mol. The van der Waals surface area contributed by atoms with Gasteiger partial charge >= 0.3 is 0 Å². The maximum atomic E-state index is 4.47. The van der Waals surface area contributed by atoms with Gasteiger partial charge in [0.15, 0.2) is 6.39 Å². The van der Waals surface area contributed by atoms with Crippen molar-refractivity contribution in [1.29, 1.82) is 0 Å². The molecule has 0 aliphatic carbocycles. The summed E-state index contributed by atoms with van der Waals surface area (Å²) in [5.74, 6) is 6.36. The van der Waals surface area contributed by atoms with Crippen molar-refractivity contribution in [1.82, 2.24) is 68.4 Å². The van der Waals surface area contributed by atoms with Crippen molar-refractivity contribution in [2.75, 3.05) is 0 Å². The fourth-order valence-electron chi connectivity index (χ4n) is 1.65. The van der Waals surface area contributed by atoms with Crippen molar-refractivity contribution in [2.24, 2.45) is 41.4 Å². The predicted molar refractivity (Wildman–Crippen MR) is 305 cm³/mol. The molecule has 17 nitrogen and oxygen atoms in total. The molecule has 1 N–H and O–H groups in total. The number of aromatic nitrogens is 14. The summed E-state index contributed by atoms with van der Waals surface area (Å²) in [6.45, 7) is 49.7. The first-order chi connectivity index (χ1) is 33.9. The Kier molecular flexibility index (Phi) is 80.7. The summed E-state index contributed by atoms with van der Waals surface area (Å²) in [6.07, 6.45) is 23.5. The van der Waals surface area contributed by atoms with Crippen LogP contribution in [0.2, 0.25) is 0 Å². The minimum atomic E-state index is 0.522. The first-order valence-corrected chi connectivity index (χ1v) is 26.5. The topological polar surface area (TPSA) is 223 Å². The zero-order chi connectivity index (χ0) is 56.5. The molecule has 0 saturated carbocycles. The lowest BCUT2D eigenvalue weighted by molar-refractivity contribution is 0.393. The Bertz CT molecular complexity index is 1370. The van der Waals surface area contributed by atoms with Gasteiger partial charge < -0.3 is 13.5 Å². The van der Waals surface area contributed by atoms with E-state index < -0.39 is 0 Å². The number of hydrogen-bond donors (Lipinski definition) is 1. The van der Waals surface area contributed by atoms with Crippen LogP contribution in [0, 0.1) is 41.4 Å². The summed E-state index contributed by atoms with van der Waals surface area (Å²) in [5, 5.41) is 23.2. The minimum absolute atomic E-state index is 0.522. The van der Waals surface area contributed by atoms with Gasteiger partial charge in [-0.3, -0.25) is 5.10 Å². The molecular weight excluding hydrogens is 965 g/mol. The van der Waals surface area contributed by atoms with Crippen LogP contribution in [-0.4, -0.2) is 68.4 Å². The Morgan fingerprint density at radius 2 is 0.986 bits per heavy atom. The van der Waals surface area contributed by atoms with Gasteiger partial charge in [0.05, 0.1) is 48.4 Å². The molecule has 0 fully saturated rings. The van der Waals surface area contributed by atoms with Crippen LogP contribution in [0.4, 0.5) is 0 Å².